The number of hydrogen-bond acceptors (Lipinski definition) is 0. The van der Waals surface area contributed by atoms with Gasteiger partial charge in [0.1, 0.15) is 18.4 Å². The molecule has 0 amide bonds. The second-order valence-electron chi connectivity index (χ2n) is 14.5. The molecule has 1 heterocycles. The minimum absolute atomic E-state index is 0.603. The van der Waals surface area contributed by atoms with E-state index >= 15 is 0 Å². The summed E-state index contributed by atoms with van der Waals surface area (Å²) in [5.74, 6) is 0.711. The molecule has 0 aliphatic rings. The van der Waals surface area contributed by atoms with Gasteiger partial charge in [-0.15, -0.1) is 0 Å². The van der Waals surface area contributed by atoms with Gasteiger partial charge >= 0.3 is 0 Å². The van der Waals surface area contributed by atoms with Gasteiger partial charge in [0.15, 0.2) is 0 Å². The number of nitrogens with zero attached hydrogens (tertiary/aromatic N) is 1. The largest absolute Gasteiger partial charge is 0.250 e. The number of H-pyrrole nitrogens is 1. The van der Waals surface area contributed by atoms with Gasteiger partial charge in [-0.25, -0.2) is 4.57 Å². The lowest BCUT2D eigenvalue weighted by molar-refractivity contribution is -0.730. The molecule has 0 aliphatic carbocycles. The van der Waals surface area contributed by atoms with Gasteiger partial charge in [0.25, 0.3) is 0 Å². The summed E-state index contributed by atoms with van der Waals surface area (Å²) in [6.45, 7) is 4.62. The minimum atomic E-state index is 0.603. The molecule has 0 saturated carbocycles. The van der Waals surface area contributed by atoms with Crippen molar-refractivity contribution in [2.75, 3.05) is 0 Å². The maximum Gasteiger partial charge on any atom is 0.241 e. The van der Waals surface area contributed by atoms with Crippen LogP contribution in [0.3, 0.4) is 0 Å². The summed E-state index contributed by atoms with van der Waals surface area (Å²) in [6, 6.07) is 11.9. The summed E-state index contributed by atoms with van der Waals surface area (Å²) >= 11 is 0. The zero-order chi connectivity index (χ0) is 31.9. The monoisotopic (exact) mass is 622 g/mol. The molecular weight excluding hydrogens is 544 g/mol. The summed E-state index contributed by atoms with van der Waals surface area (Å²) in [7, 11) is 0. The zero-order valence-corrected chi connectivity index (χ0v) is 30.4. The first kappa shape index (κ1) is 39.6. The van der Waals surface area contributed by atoms with E-state index in [1.807, 2.05) is 0 Å². The fourth-order valence-corrected chi connectivity index (χ4v) is 7.46. The van der Waals surface area contributed by atoms with Gasteiger partial charge in [-0.2, -0.15) is 0 Å². The Morgan fingerprint density at radius 3 is 1.29 bits per heavy atom. The first-order chi connectivity index (χ1) is 22.3. The molecule has 258 valence electrons. The van der Waals surface area contributed by atoms with Crippen LogP contribution in [0, 0.1) is 5.92 Å². The summed E-state index contributed by atoms with van der Waals surface area (Å²) in [6.07, 6.45) is 49.2. The van der Waals surface area contributed by atoms with Crippen LogP contribution in [0.15, 0.2) is 49.1 Å². The highest BCUT2D eigenvalue weighted by atomic mass is 15.1. The van der Waals surface area contributed by atoms with E-state index in [4.69, 9.17) is 0 Å². The van der Waals surface area contributed by atoms with Crippen molar-refractivity contribution in [3.8, 4) is 0 Å². The van der Waals surface area contributed by atoms with Crippen LogP contribution in [0.2, 0.25) is 0 Å². The first-order valence-electron chi connectivity index (χ1n) is 20.4. The Labute approximate surface area is 282 Å². The van der Waals surface area contributed by atoms with E-state index < -0.39 is 0 Å². The molecule has 2 aromatic rings. The van der Waals surface area contributed by atoms with Gasteiger partial charge in [0.05, 0.1) is 0 Å². The van der Waals surface area contributed by atoms with Crippen molar-refractivity contribution in [2.45, 2.75) is 213 Å². The fraction of sp³-hybridized carbons (Fsp3) is 0.791. The van der Waals surface area contributed by atoms with Gasteiger partial charge in [-0.1, -0.05) is 211 Å². The Morgan fingerprint density at radius 1 is 0.489 bits per heavy atom. The Balaban J connectivity index is 1.63. The normalized spacial score (nSPS) is 12.9. The summed E-state index contributed by atoms with van der Waals surface area (Å²) in [4.78, 5) is 3.36. The van der Waals surface area contributed by atoms with Crippen LogP contribution in [-0.4, -0.2) is 4.98 Å². The lowest BCUT2D eigenvalue weighted by atomic mass is 9.84. The van der Waals surface area contributed by atoms with E-state index in [1.54, 1.807) is 0 Å². The number of aromatic nitrogens is 2. The maximum absolute atomic E-state index is 3.36. The van der Waals surface area contributed by atoms with E-state index in [0.29, 0.717) is 12.0 Å². The molecule has 2 nitrogen and oxygen atoms in total. The fourth-order valence-electron chi connectivity index (χ4n) is 7.46. The molecule has 2 heteroatoms. The third-order valence-electron chi connectivity index (χ3n) is 10.4. The third kappa shape index (κ3) is 21.8. The van der Waals surface area contributed by atoms with E-state index in [1.165, 1.54) is 198 Å². The molecule has 0 radical (unpaired) electrons. The summed E-state index contributed by atoms with van der Waals surface area (Å²) in [5, 5.41) is 0. The molecule has 0 aliphatic heterocycles. The second kappa shape index (κ2) is 29.8. The van der Waals surface area contributed by atoms with Crippen LogP contribution in [0.5, 0.6) is 0 Å². The van der Waals surface area contributed by atoms with Crippen molar-refractivity contribution in [3.05, 3.63) is 54.6 Å². The van der Waals surface area contributed by atoms with Crippen molar-refractivity contribution in [1.29, 1.82) is 0 Å². The molecule has 2 unspecified atom stereocenters. The van der Waals surface area contributed by atoms with E-state index in [9.17, 15) is 0 Å². The lowest BCUT2D eigenvalue weighted by Crippen LogP contribution is -2.42. The highest BCUT2D eigenvalue weighted by Crippen LogP contribution is 2.29. The van der Waals surface area contributed by atoms with Crippen LogP contribution in [-0.2, 0) is 6.42 Å². The number of hydrogen-bond donors (Lipinski definition) is 1. The minimum Gasteiger partial charge on any atom is -0.250 e. The van der Waals surface area contributed by atoms with Gasteiger partial charge in [0.2, 0.25) is 6.33 Å². The number of nitrogens with one attached hydrogen (secondary N) is 1. The molecule has 0 fully saturated rings. The Morgan fingerprint density at radius 2 is 0.889 bits per heavy atom. The maximum atomic E-state index is 3.36. The molecule has 0 bridgehead atoms. The predicted octanol–water partition coefficient (Wildman–Crippen LogP) is 14.1. The Kier molecular flexibility index (Phi) is 26.2. The van der Waals surface area contributed by atoms with Crippen LogP contribution in [0.4, 0.5) is 0 Å². The van der Waals surface area contributed by atoms with Crippen molar-refractivity contribution in [3.63, 3.8) is 0 Å². The zero-order valence-electron chi connectivity index (χ0n) is 30.4. The number of unbranched alkanes of at least 4 members (excludes halogenated alkanes) is 25. The van der Waals surface area contributed by atoms with E-state index in [2.05, 4.69) is 72.5 Å². The summed E-state index contributed by atoms with van der Waals surface area (Å²) in [5.41, 5.74) is 1.51. The standard InChI is InChI=1S/C43H76N2/c1-3-5-7-9-11-13-15-16-17-18-19-20-21-23-25-27-32-36-43(45-38-37-44-40-45)42(39-41-33-29-28-30-34-41)35-31-26-24-22-14-12-10-8-6-4-2/h28-30,33-34,37-38,40,42-43H,3-27,31-32,35-36,39H2,1-2H3/p+1. The SMILES string of the molecule is CCCCCCCCCCCCCCCCCCCC(C(CCCCCCCCCCCC)Cc1ccccc1)[n+]1cc[nH]c1. The van der Waals surface area contributed by atoms with Crippen LogP contribution in [0.1, 0.15) is 212 Å². The van der Waals surface area contributed by atoms with Gasteiger partial charge in [-0.05, 0) is 31.2 Å². The summed E-state index contributed by atoms with van der Waals surface area (Å²) < 4.78 is 2.51. The average Bonchev–Trinajstić information content (AvgIpc) is 3.60. The smallest absolute Gasteiger partial charge is 0.241 e. The third-order valence-corrected chi connectivity index (χ3v) is 10.4. The molecule has 2 rings (SSSR count). The number of rotatable bonds is 33. The molecule has 1 aromatic carbocycles. The van der Waals surface area contributed by atoms with Crippen molar-refractivity contribution in [2.24, 2.45) is 5.92 Å². The lowest BCUT2D eigenvalue weighted by Gasteiger charge is -2.25. The van der Waals surface area contributed by atoms with Crippen LogP contribution < -0.4 is 4.57 Å². The van der Waals surface area contributed by atoms with Crippen LogP contribution in [0.25, 0.3) is 0 Å². The first-order valence-corrected chi connectivity index (χ1v) is 20.4. The van der Waals surface area contributed by atoms with Crippen molar-refractivity contribution >= 4 is 0 Å². The number of imidazole rings is 1. The second-order valence-corrected chi connectivity index (χ2v) is 14.5. The molecule has 2 atom stereocenters. The van der Waals surface area contributed by atoms with Crippen molar-refractivity contribution < 1.29 is 4.57 Å². The number of aromatic amines is 1. The van der Waals surface area contributed by atoms with E-state index in [-0.39, 0.29) is 0 Å². The predicted molar refractivity (Wildman–Crippen MR) is 199 cm³/mol. The van der Waals surface area contributed by atoms with Gasteiger partial charge < -0.3 is 0 Å². The van der Waals surface area contributed by atoms with Gasteiger partial charge in [0, 0.05) is 5.92 Å². The van der Waals surface area contributed by atoms with E-state index in [0.717, 1.165) is 0 Å². The molecule has 0 spiro atoms. The Hall–Kier alpha value is -1.57. The average molecular weight is 622 g/mol. The quantitative estimate of drug-likeness (QED) is 0.0604. The number of benzene rings is 1. The molecular formula is C43H77N2+. The van der Waals surface area contributed by atoms with Crippen molar-refractivity contribution in [1.82, 2.24) is 4.98 Å². The molecule has 1 aromatic heterocycles. The molecule has 45 heavy (non-hydrogen) atoms. The topological polar surface area (TPSA) is 19.7 Å². The molecule has 1 N–H and O–H groups in total. The highest BCUT2D eigenvalue weighted by Gasteiger charge is 2.26. The molecule has 0 saturated heterocycles. The van der Waals surface area contributed by atoms with Gasteiger partial charge in [-0.3, -0.25) is 4.98 Å². The Bertz CT molecular complexity index is 829. The highest BCUT2D eigenvalue weighted by molar-refractivity contribution is 5.15. The van der Waals surface area contributed by atoms with Crippen LogP contribution >= 0.6 is 0 Å².